The normalized spacial score (nSPS) is 11.0. The number of hydrogen-bond acceptors (Lipinski definition) is 2. The summed E-state index contributed by atoms with van der Waals surface area (Å²) in [7, 11) is 0. The fourth-order valence-electron chi connectivity index (χ4n) is 2.19. The molecule has 0 aliphatic heterocycles. The highest BCUT2D eigenvalue weighted by Crippen LogP contribution is 2.19. The zero-order valence-corrected chi connectivity index (χ0v) is 9.74. The number of fused-ring (bicyclic) bond motifs is 2. The number of para-hydroxylation sites is 2. The van der Waals surface area contributed by atoms with Crippen LogP contribution < -0.4 is 11.2 Å². The molecule has 4 nitrogen and oxygen atoms in total. The number of nitrogens with one attached hydrogen (secondary N) is 1. The third-order valence-electron chi connectivity index (χ3n) is 3.08. The Balaban J connectivity index is 2.62. The zero-order valence-electron chi connectivity index (χ0n) is 9.74. The number of primary amides is 1. The van der Waals surface area contributed by atoms with Gasteiger partial charge in [-0.15, -0.1) is 0 Å². The molecule has 0 spiro atoms. The molecule has 2 aromatic carbocycles. The third kappa shape index (κ3) is 1.59. The number of carbonyl (C=O) groups excluding carboxylic acids is 1. The second-order valence-corrected chi connectivity index (χ2v) is 4.21. The molecule has 0 aliphatic carbocycles. The molecule has 0 fully saturated rings. The summed E-state index contributed by atoms with van der Waals surface area (Å²) in [4.78, 5) is 26.4. The lowest BCUT2D eigenvalue weighted by Crippen LogP contribution is -2.14. The Morgan fingerprint density at radius 2 is 1.68 bits per heavy atom. The van der Waals surface area contributed by atoms with E-state index in [1.807, 2.05) is 0 Å². The maximum atomic E-state index is 13.7. The van der Waals surface area contributed by atoms with Gasteiger partial charge in [0.25, 0.3) is 5.91 Å². The monoisotopic (exact) mass is 256 g/mol. The molecule has 0 atom stereocenters. The van der Waals surface area contributed by atoms with E-state index < -0.39 is 11.7 Å². The number of aromatic amines is 1. The van der Waals surface area contributed by atoms with Crippen LogP contribution in [0.4, 0.5) is 4.39 Å². The van der Waals surface area contributed by atoms with Crippen LogP contribution in [0.2, 0.25) is 0 Å². The Labute approximate surface area is 106 Å². The van der Waals surface area contributed by atoms with E-state index in [9.17, 15) is 14.0 Å². The number of halogens is 1. The largest absolute Gasteiger partial charge is 0.366 e. The van der Waals surface area contributed by atoms with Crippen molar-refractivity contribution in [2.75, 3.05) is 0 Å². The van der Waals surface area contributed by atoms with Crippen LogP contribution in [0.15, 0.2) is 41.2 Å². The first-order valence-corrected chi connectivity index (χ1v) is 5.62. The number of pyridine rings is 1. The molecule has 3 N–H and O–H groups in total. The Kier molecular flexibility index (Phi) is 2.35. The maximum absolute atomic E-state index is 13.7. The predicted octanol–water partition coefficient (Wildman–Crippen LogP) is 1.92. The summed E-state index contributed by atoms with van der Waals surface area (Å²) >= 11 is 0. The Morgan fingerprint density at radius 3 is 2.37 bits per heavy atom. The third-order valence-corrected chi connectivity index (χ3v) is 3.08. The van der Waals surface area contributed by atoms with Gasteiger partial charge in [-0.2, -0.15) is 0 Å². The van der Waals surface area contributed by atoms with Gasteiger partial charge in [-0.25, -0.2) is 4.39 Å². The standard InChI is InChI=1S/C14H9FN2O2/c15-10-6-2-4-8-12(10)17-11-7(13(8)18)3-1-5-9(11)14(16)19/h1-6H,(H2,16,19)(H,17,18). The number of amides is 1. The molecule has 0 radical (unpaired) electrons. The first-order valence-electron chi connectivity index (χ1n) is 5.62. The molecule has 0 bridgehead atoms. The molecule has 94 valence electrons. The van der Waals surface area contributed by atoms with Gasteiger partial charge in [-0.3, -0.25) is 9.59 Å². The minimum Gasteiger partial charge on any atom is -0.366 e. The van der Waals surface area contributed by atoms with E-state index in [4.69, 9.17) is 5.73 Å². The van der Waals surface area contributed by atoms with Crippen LogP contribution in [0, 0.1) is 5.82 Å². The zero-order chi connectivity index (χ0) is 13.6. The highest BCUT2D eigenvalue weighted by Gasteiger charge is 2.13. The first kappa shape index (κ1) is 11.4. The SMILES string of the molecule is NC(=O)c1cccc2c(=O)c3cccc(F)c3[nH]c12. The molecule has 3 rings (SSSR count). The van der Waals surface area contributed by atoms with E-state index in [-0.39, 0.29) is 27.4 Å². The number of benzene rings is 2. The van der Waals surface area contributed by atoms with E-state index in [0.29, 0.717) is 5.39 Å². The van der Waals surface area contributed by atoms with Crippen molar-refractivity contribution in [3.63, 3.8) is 0 Å². The second-order valence-electron chi connectivity index (χ2n) is 4.21. The van der Waals surface area contributed by atoms with Crippen molar-refractivity contribution >= 4 is 27.7 Å². The van der Waals surface area contributed by atoms with Crippen molar-refractivity contribution in [2.45, 2.75) is 0 Å². The highest BCUT2D eigenvalue weighted by molar-refractivity contribution is 6.07. The van der Waals surface area contributed by atoms with Crippen molar-refractivity contribution < 1.29 is 9.18 Å². The summed E-state index contributed by atoms with van der Waals surface area (Å²) in [6.45, 7) is 0. The van der Waals surface area contributed by atoms with Crippen molar-refractivity contribution in [1.29, 1.82) is 0 Å². The van der Waals surface area contributed by atoms with Gasteiger partial charge in [0.1, 0.15) is 5.82 Å². The predicted molar refractivity (Wildman–Crippen MR) is 70.6 cm³/mol. The summed E-state index contributed by atoms with van der Waals surface area (Å²) in [5.41, 5.74) is 5.44. The fourth-order valence-corrected chi connectivity index (χ4v) is 2.19. The van der Waals surface area contributed by atoms with E-state index in [1.165, 1.54) is 24.3 Å². The van der Waals surface area contributed by atoms with Gasteiger partial charge in [0.2, 0.25) is 0 Å². The van der Waals surface area contributed by atoms with Gasteiger partial charge >= 0.3 is 0 Å². The Hall–Kier alpha value is -2.69. The van der Waals surface area contributed by atoms with Gasteiger partial charge in [-0.1, -0.05) is 12.1 Å². The summed E-state index contributed by atoms with van der Waals surface area (Å²) in [6, 6.07) is 8.89. The minimum atomic E-state index is -0.670. The first-order chi connectivity index (χ1) is 9.09. The topological polar surface area (TPSA) is 76.0 Å². The summed E-state index contributed by atoms with van der Waals surface area (Å²) in [5.74, 6) is -1.22. The van der Waals surface area contributed by atoms with Gasteiger partial charge in [0.15, 0.2) is 5.43 Å². The number of H-pyrrole nitrogens is 1. The van der Waals surface area contributed by atoms with Gasteiger partial charge in [0.05, 0.1) is 16.6 Å². The molecule has 19 heavy (non-hydrogen) atoms. The summed E-state index contributed by atoms with van der Waals surface area (Å²) < 4.78 is 13.7. The van der Waals surface area contributed by atoms with Crippen molar-refractivity contribution in [2.24, 2.45) is 5.73 Å². The van der Waals surface area contributed by atoms with Crippen LogP contribution in [0.5, 0.6) is 0 Å². The lowest BCUT2D eigenvalue weighted by molar-refractivity contribution is 0.100. The molecule has 1 heterocycles. The Bertz CT molecular complexity index is 884. The molecule has 1 aromatic heterocycles. The molecule has 0 saturated carbocycles. The molecule has 1 amide bonds. The van der Waals surface area contributed by atoms with Crippen LogP contribution in [0.1, 0.15) is 10.4 Å². The lowest BCUT2D eigenvalue weighted by atomic mass is 10.1. The molecular formula is C14H9FN2O2. The van der Waals surface area contributed by atoms with Crippen LogP contribution in [-0.4, -0.2) is 10.9 Å². The average Bonchev–Trinajstić information content (AvgIpc) is 2.39. The van der Waals surface area contributed by atoms with E-state index in [1.54, 1.807) is 12.1 Å². The van der Waals surface area contributed by atoms with Gasteiger partial charge in [0, 0.05) is 10.8 Å². The smallest absolute Gasteiger partial charge is 0.250 e. The van der Waals surface area contributed by atoms with E-state index in [0.717, 1.165) is 0 Å². The summed E-state index contributed by atoms with van der Waals surface area (Å²) in [6.07, 6.45) is 0. The van der Waals surface area contributed by atoms with Gasteiger partial charge in [-0.05, 0) is 24.3 Å². The van der Waals surface area contributed by atoms with E-state index in [2.05, 4.69) is 4.98 Å². The Morgan fingerprint density at radius 1 is 1.05 bits per heavy atom. The van der Waals surface area contributed by atoms with Crippen molar-refractivity contribution in [1.82, 2.24) is 4.98 Å². The molecule has 5 heteroatoms. The second kappa shape index (κ2) is 3.91. The molecular weight excluding hydrogens is 247 g/mol. The molecule has 0 saturated heterocycles. The maximum Gasteiger partial charge on any atom is 0.250 e. The quantitative estimate of drug-likeness (QED) is 0.652. The fraction of sp³-hybridized carbons (Fsp3) is 0. The molecule has 0 aliphatic rings. The number of nitrogens with two attached hydrogens (primary N) is 1. The van der Waals surface area contributed by atoms with Crippen LogP contribution >= 0.6 is 0 Å². The van der Waals surface area contributed by atoms with Crippen LogP contribution in [-0.2, 0) is 0 Å². The van der Waals surface area contributed by atoms with Crippen molar-refractivity contribution in [3.8, 4) is 0 Å². The highest BCUT2D eigenvalue weighted by atomic mass is 19.1. The summed E-state index contributed by atoms with van der Waals surface area (Å²) in [5, 5.41) is 0.559. The van der Waals surface area contributed by atoms with E-state index >= 15 is 0 Å². The lowest BCUT2D eigenvalue weighted by Gasteiger charge is -2.06. The number of hydrogen-bond donors (Lipinski definition) is 2. The molecule has 0 unspecified atom stereocenters. The number of aromatic nitrogens is 1. The van der Waals surface area contributed by atoms with Crippen LogP contribution in [0.25, 0.3) is 21.8 Å². The van der Waals surface area contributed by atoms with Gasteiger partial charge < -0.3 is 10.7 Å². The average molecular weight is 256 g/mol. The number of carbonyl (C=O) groups is 1. The minimum absolute atomic E-state index is 0.0775. The van der Waals surface area contributed by atoms with Crippen molar-refractivity contribution in [3.05, 3.63) is 58.0 Å². The molecule has 3 aromatic rings. The van der Waals surface area contributed by atoms with Crippen LogP contribution in [0.3, 0.4) is 0 Å². The number of rotatable bonds is 1.